The highest BCUT2D eigenvalue weighted by Crippen LogP contribution is 2.77. The highest BCUT2D eigenvalue weighted by Gasteiger charge is 2.83. The normalized spacial score (nSPS) is 49.8. The summed E-state index contributed by atoms with van der Waals surface area (Å²) in [6.07, 6.45) is 4.11. The molecule has 1 spiro atoms. The lowest BCUT2D eigenvalue weighted by atomic mass is 9.61. The summed E-state index contributed by atoms with van der Waals surface area (Å²) in [5, 5.41) is 31.6. The van der Waals surface area contributed by atoms with Gasteiger partial charge in [-0.25, -0.2) is 0 Å². The van der Waals surface area contributed by atoms with Gasteiger partial charge in [0, 0.05) is 25.0 Å². The number of carboxylic acid groups (broad SMARTS) is 1. The first-order chi connectivity index (χ1) is 14.0. The SMILES string of the molecule is C=C1C[C@]23C[C@@]1(O)CC[C@H]2[C@@]12C=C[C@H](O)[C@@](C)(C(=O)O1)[C@H]2[C@@H]3C(=O)O.CCOCC. The summed E-state index contributed by atoms with van der Waals surface area (Å²) in [5.41, 5.74) is -3.29. The molecule has 8 atom stereocenters. The lowest BCUT2D eigenvalue weighted by molar-refractivity contribution is -0.163. The predicted octanol–water partition coefficient (Wildman–Crippen LogP) is 2.07. The molecule has 0 unspecified atom stereocenters. The van der Waals surface area contributed by atoms with Gasteiger partial charge in [0.25, 0.3) is 0 Å². The molecule has 30 heavy (non-hydrogen) atoms. The van der Waals surface area contributed by atoms with Crippen LogP contribution in [0.1, 0.15) is 46.5 Å². The largest absolute Gasteiger partial charge is 0.481 e. The highest BCUT2D eigenvalue weighted by molar-refractivity contribution is 5.86. The Hall–Kier alpha value is -1.70. The summed E-state index contributed by atoms with van der Waals surface area (Å²) in [7, 11) is 0. The van der Waals surface area contributed by atoms with E-state index in [4.69, 9.17) is 9.47 Å². The number of carboxylic acids is 1. The summed E-state index contributed by atoms with van der Waals surface area (Å²) in [6.45, 7) is 11.3. The van der Waals surface area contributed by atoms with Gasteiger partial charge < -0.3 is 24.8 Å². The van der Waals surface area contributed by atoms with Gasteiger partial charge in [-0.1, -0.05) is 12.7 Å². The van der Waals surface area contributed by atoms with Gasteiger partial charge in [0.15, 0.2) is 0 Å². The van der Waals surface area contributed by atoms with E-state index in [1.54, 1.807) is 19.1 Å². The first-order valence-corrected chi connectivity index (χ1v) is 10.9. The average molecular weight is 421 g/mol. The van der Waals surface area contributed by atoms with Crippen molar-refractivity contribution in [2.24, 2.45) is 28.6 Å². The number of aliphatic carboxylic acids is 1. The fourth-order valence-corrected chi connectivity index (χ4v) is 7.34. The summed E-state index contributed by atoms with van der Waals surface area (Å²) in [5.74, 6) is -3.18. The fraction of sp³-hybridized carbons (Fsp3) is 0.739. The van der Waals surface area contributed by atoms with Gasteiger partial charge in [-0.05, 0) is 63.5 Å². The number of carbonyl (C=O) groups excluding carboxylic acids is 1. The number of carbonyl (C=O) groups is 2. The van der Waals surface area contributed by atoms with Crippen LogP contribution in [-0.2, 0) is 19.1 Å². The molecule has 0 radical (unpaired) electrons. The number of fused-ring (bicyclic) bond motifs is 1. The molecule has 1 heterocycles. The number of hydrogen-bond donors (Lipinski definition) is 3. The first kappa shape index (κ1) is 21.5. The molecule has 7 nitrogen and oxygen atoms in total. The summed E-state index contributed by atoms with van der Waals surface area (Å²) < 4.78 is 10.7. The fourth-order valence-electron chi connectivity index (χ4n) is 7.34. The van der Waals surface area contributed by atoms with Gasteiger partial charge in [-0.2, -0.15) is 0 Å². The summed E-state index contributed by atoms with van der Waals surface area (Å²) >= 11 is 0. The maximum Gasteiger partial charge on any atom is 0.316 e. The number of rotatable bonds is 3. The number of esters is 1. The Morgan fingerprint density at radius 2 is 2.03 bits per heavy atom. The molecule has 0 aromatic heterocycles. The van der Waals surface area contributed by atoms with Gasteiger partial charge in [0.2, 0.25) is 0 Å². The smallest absolute Gasteiger partial charge is 0.316 e. The van der Waals surface area contributed by atoms with Crippen LogP contribution in [0.15, 0.2) is 24.3 Å². The van der Waals surface area contributed by atoms with E-state index < -0.39 is 51.9 Å². The minimum Gasteiger partial charge on any atom is -0.481 e. The lowest BCUT2D eigenvalue weighted by Crippen LogP contribution is -2.50. The number of aliphatic hydroxyl groups excluding tert-OH is 1. The van der Waals surface area contributed by atoms with Crippen molar-refractivity contribution in [1.82, 2.24) is 0 Å². The van der Waals surface area contributed by atoms with E-state index in [1.165, 1.54) is 0 Å². The number of aliphatic hydroxyl groups is 2. The maximum absolute atomic E-state index is 12.7. The zero-order valence-electron chi connectivity index (χ0n) is 17.9. The molecule has 4 bridgehead atoms. The Bertz CT molecular complexity index is 818. The third kappa shape index (κ3) is 2.37. The van der Waals surface area contributed by atoms with Gasteiger partial charge in [0.05, 0.1) is 17.6 Å². The predicted molar refractivity (Wildman–Crippen MR) is 107 cm³/mol. The van der Waals surface area contributed by atoms with Crippen LogP contribution in [0.5, 0.6) is 0 Å². The summed E-state index contributed by atoms with van der Waals surface area (Å²) in [6, 6.07) is 0. The number of hydrogen-bond acceptors (Lipinski definition) is 6. The molecular weight excluding hydrogens is 388 g/mol. The Balaban J connectivity index is 0.000000393. The monoisotopic (exact) mass is 420 g/mol. The van der Waals surface area contributed by atoms with E-state index in [0.717, 1.165) is 13.2 Å². The Labute approximate surface area is 176 Å². The van der Waals surface area contributed by atoms with Crippen LogP contribution in [-0.4, -0.2) is 57.8 Å². The zero-order valence-corrected chi connectivity index (χ0v) is 17.9. The molecule has 7 heteroatoms. The van der Waals surface area contributed by atoms with Crippen LogP contribution in [0.25, 0.3) is 0 Å². The minimum atomic E-state index is -1.27. The molecule has 5 rings (SSSR count). The second-order valence-electron chi connectivity index (χ2n) is 9.72. The first-order valence-electron chi connectivity index (χ1n) is 10.9. The van der Waals surface area contributed by atoms with Crippen LogP contribution in [0, 0.1) is 28.6 Å². The molecule has 3 N–H and O–H groups in total. The Kier molecular flexibility index (Phi) is 4.77. The van der Waals surface area contributed by atoms with Crippen molar-refractivity contribution < 1.29 is 34.4 Å². The molecule has 5 aliphatic rings. The van der Waals surface area contributed by atoms with E-state index >= 15 is 0 Å². The van der Waals surface area contributed by atoms with E-state index in [1.807, 2.05) is 13.8 Å². The Morgan fingerprint density at radius 3 is 2.60 bits per heavy atom. The van der Waals surface area contributed by atoms with Crippen molar-refractivity contribution in [2.45, 2.75) is 63.8 Å². The van der Waals surface area contributed by atoms with Crippen molar-refractivity contribution in [1.29, 1.82) is 0 Å². The quantitative estimate of drug-likeness (QED) is 0.473. The Morgan fingerprint density at radius 1 is 1.37 bits per heavy atom. The van der Waals surface area contributed by atoms with E-state index in [0.29, 0.717) is 31.3 Å². The summed E-state index contributed by atoms with van der Waals surface area (Å²) in [4.78, 5) is 25.1. The lowest BCUT2D eigenvalue weighted by Gasteiger charge is -2.44. The van der Waals surface area contributed by atoms with Gasteiger partial charge in [0.1, 0.15) is 11.0 Å². The second kappa shape index (κ2) is 6.65. The van der Waals surface area contributed by atoms with Crippen LogP contribution in [0.4, 0.5) is 0 Å². The molecule has 4 aliphatic carbocycles. The van der Waals surface area contributed by atoms with E-state index in [9.17, 15) is 24.9 Å². The van der Waals surface area contributed by atoms with Crippen molar-refractivity contribution in [3.8, 4) is 0 Å². The molecule has 1 saturated heterocycles. The maximum atomic E-state index is 12.7. The van der Waals surface area contributed by atoms with Gasteiger partial charge in [-0.15, -0.1) is 0 Å². The standard InChI is InChI=1S/C19H22O6.C4H10O/c1-9-7-17-8-18(9,24)5-3-10(17)19-6-4-11(20)16(2,15(23)25-19)13(19)12(17)14(21)22;1-3-5-4-2/h4,6,10-13,20,24H,1,3,5,7-8H2,2H3,(H,21,22);3-4H2,1-2H3/t10-,11+,12-,13-,16-,17+,18+,19-;/m1./s1. The second-order valence-corrected chi connectivity index (χ2v) is 9.72. The highest BCUT2D eigenvalue weighted by atomic mass is 16.6. The van der Waals surface area contributed by atoms with E-state index in [-0.39, 0.29) is 5.92 Å². The minimum absolute atomic E-state index is 0.180. The molecule has 4 fully saturated rings. The number of ether oxygens (including phenoxy) is 2. The topological polar surface area (TPSA) is 113 Å². The molecular formula is C23H32O7. The third-order valence-corrected chi connectivity index (χ3v) is 8.53. The molecule has 166 valence electrons. The van der Waals surface area contributed by atoms with Crippen molar-refractivity contribution in [3.63, 3.8) is 0 Å². The molecule has 3 saturated carbocycles. The zero-order chi connectivity index (χ0) is 22.1. The van der Waals surface area contributed by atoms with Crippen molar-refractivity contribution >= 4 is 11.9 Å². The van der Waals surface area contributed by atoms with Crippen LogP contribution in [0.2, 0.25) is 0 Å². The van der Waals surface area contributed by atoms with E-state index in [2.05, 4.69) is 6.58 Å². The van der Waals surface area contributed by atoms with Crippen molar-refractivity contribution in [2.75, 3.05) is 13.2 Å². The van der Waals surface area contributed by atoms with Gasteiger partial charge in [-0.3, -0.25) is 9.59 Å². The molecule has 1 aliphatic heterocycles. The third-order valence-electron chi connectivity index (χ3n) is 8.53. The van der Waals surface area contributed by atoms with Crippen LogP contribution in [0.3, 0.4) is 0 Å². The van der Waals surface area contributed by atoms with Crippen LogP contribution < -0.4 is 0 Å². The average Bonchev–Trinajstić information content (AvgIpc) is 3.10. The molecule has 0 aromatic rings. The van der Waals surface area contributed by atoms with Crippen molar-refractivity contribution in [3.05, 3.63) is 24.3 Å². The molecule has 0 aromatic carbocycles. The van der Waals surface area contributed by atoms with Gasteiger partial charge >= 0.3 is 11.9 Å². The van der Waals surface area contributed by atoms with Crippen LogP contribution >= 0.6 is 0 Å². The molecule has 0 amide bonds.